The summed E-state index contributed by atoms with van der Waals surface area (Å²) in [7, 11) is 0. The number of hydrogen-bond acceptors (Lipinski definition) is 3. The third-order valence-corrected chi connectivity index (χ3v) is 3.92. The van der Waals surface area contributed by atoms with Gasteiger partial charge in [-0.15, -0.1) is 0 Å². The highest BCUT2D eigenvalue weighted by Crippen LogP contribution is 2.33. The molecule has 108 valence electrons. The molecule has 1 saturated carbocycles. The van der Waals surface area contributed by atoms with Gasteiger partial charge in [0, 0.05) is 23.2 Å². The number of pyridine rings is 1. The second kappa shape index (κ2) is 5.91. The highest BCUT2D eigenvalue weighted by atomic mass is 16.2. The number of carbonyl (C=O) groups is 1. The SMILES string of the molecule is NC(=O)NN=C1CCCCC1c1nccc2ccccc12. The summed E-state index contributed by atoms with van der Waals surface area (Å²) < 4.78 is 0. The molecule has 21 heavy (non-hydrogen) atoms. The van der Waals surface area contributed by atoms with Crippen LogP contribution in [0.15, 0.2) is 41.6 Å². The molecule has 5 heteroatoms. The minimum atomic E-state index is -0.627. The summed E-state index contributed by atoms with van der Waals surface area (Å²) in [6, 6.07) is 9.61. The zero-order valence-corrected chi connectivity index (χ0v) is 11.7. The molecule has 3 N–H and O–H groups in total. The number of hydrogen-bond donors (Lipinski definition) is 2. The summed E-state index contributed by atoms with van der Waals surface area (Å²) in [4.78, 5) is 15.5. The van der Waals surface area contributed by atoms with Gasteiger partial charge in [0.15, 0.2) is 0 Å². The molecule has 1 unspecified atom stereocenters. The number of aromatic nitrogens is 1. The number of urea groups is 1. The van der Waals surface area contributed by atoms with Crippen molar-refractivity contribution >= 4 is 22.5 Å². The lowest BCUT2D eigenvalue weighted by atomic mass is 9.83. The van der Waals surface area contributed by atoms with Crippen LogP contribution in [0.3, 0.4) is 0 Å². The van der Waals surface area contributed by atoms with Crippen molar-refractivity contribution in [2.75, 3.05) is 0 Å². The van der Waals surface area contributed by atoms with E-state index < -0.39 is 6.03 Å². The van der Waals surface area contributed by atoms with Crippen LogP contribution in [0, 0.1) is 0 Å². The minimum Gasteiger partial charge on any atom is -0.350 e. The molecule has 1 aromatic heterocycles. The molecule has 2 aromatic rings. The summed E-state index contributed by atoms with van der Waals surface area (Å²) in [5.41, 5.74) is 9.48. The van der Waals surface area contributed by atoms with Gasteiger partial charge in [0.05, 0.1) is 5.69 Å². The molecule has 1 aromatic carbocycles. The van der Waals surface area contributed by atoms with Crippen LogP contribution in [0.25, 0.3) is 10.8 Å². The Morgan fingerprint density at radius 2 is 2.14 bits per heavy atom. The Morgan fingerprint density at radius 1 is 1.29 bits per heavy atom. The van der Waals surface area contributed by atoms with Gasteiger partial charge in [0.25, 0.3) is 0 Å². The van der Waals surface area contributed by atoms with Gasteiger partial charge in [-0.25, -0.2) is 10.2 Å². The third kappa shape index (κ3) is 2.86. The largest absolute Gasteiger partial charge is 0.350 e. The number of carbonyl (C=O) groups excluding carboxylic acids is 1. The van der Waals surface area contributed by atoms with E-state index in [0.29, 0.717) is 0 Å². The third-order valence-electron chi connectivity index (χ3n) is 3.92. The van der Waals surface area contributed by atoms with Crippen molar-refractivity contribution in [3.05, 3.63) is 42.2 Å². The van der Waals surface area contributed by atoms with Crippen LogP contribution in [-0.2, 0) is 0 Å². The zero-order chi connectivity index (χ0) is 14.7. The van der Waals surface area contributed by atoms with Gasteiger partial charge in [0.1, 0.15) is 0 Å². The number of amides is 2. The smallest absolute Gasteiger partial charge is 0.332 e. The van der Waals surface area contributed by atoms with Crippen molar-refractivity contribution in [2.24, 2.45) is 10.8 Å². The molecule has 0 spiro atoms. The van der Waals surface area contributed by atoms with E-state index in [-0.39, 0.29) is 5.92 Å². The summed E-state index contributed by atoms with van der Waals surface area (Å²) in [6.07, 6.45) is 5.94. The molecule has 0 radical (unpaired) electrons. The first-order valence-electron chi connectivity index (χ1n) is 7.21. The molecule has 0 saturated heterocycles. The van der Waals surface area contributed by atoms with Crippen LogP contribution in [0.4, 0.5) is 4.79 Å². The van der Waals surface area contributed by atoms with Crippen LogP contribution in [-0.4, -0.2) is 16.7 Å². The molecule has 5 nitrogen and oxygen atoms in total. The van der Waals surface area contributed by atoms with Crippen molar-refractivity contribution in [3.63, 3.8) is 0 Å². The molecule has 1 fully saturated rings. The Balaban J connectivity index is 2.02. The van der Waals surface area contributed by atoms with E-state index in [9.17, 15) is 4.79 Å². The number of rotatable bonds is 2. The van der Waals surface area contributed by atoms with E-state index >= 15 is 0 Å². The maximum atomic E-state index is 10.9. The van der Waals surface area contributed by atoms with Gasteiger partial charge >= 0.3 is 6.03 Å². The average Bonchev–Trinajstić information content (AvgIpc) is 2.53. The molecule has 0 bridgehead atoms. The van der Waals surface area contributed by atoms with Crippen LogP contribution in [0.5, 0.6) is 0 Å². The van der Waals surface area contributed by atoms with Gasteiger partial charge in [-0.05, 0) is 30.7 Å². The fourth-order valence-electron chi connectivity index (χ4n) is 2.97. The highest BCUT2D eigenvalue weighted by Gasteiger charge is 2.25. The Hall–Kier alpha value is -2.43. The van der Waals surface area contributed by atoms with Crippen molar-refractivity contribution in [3.8, 4) is 0 Å². The number of nitrogens with one attached hydrogen (secondary N) is 1. The van der Waals surface area contributed by atoms with Crippen molar-refractivity contribution < 1.29 is 4.79 Å². The molecule has 0 aliphatic heterocycles. The first-order valence-corrected chi connectivity index (χ1v) is 7.21. The topological polar surface area (TPSA) is 80.4 Å². The standard InChI is InChI=1S/C16H18N4O/c17-16(21)20-19-14-8-4-3-7-13(14)15-12-6-2-1-5-11(12)9-10-18-15/h1-2,5-6,9-10,13H,3-4,7-8H2,(H3,17,20,21). The molecule has 1 aliphatic carbocycles. The van der Waals surface area contributed by atoms with Crippen LogP contribution < -0.4 is 11.2 Å². The van der Waals surface area contributed by atoms with Gasteiger partial charge in [-0.2, -0.15) is 5.10 Å². The van der Waals surface area contributed by atoms with Crippen LogP contribution in [0.1, 0.15) is 37.3 Å². The molecule has 1 aliphatic rings. The van der Waals surface area contributed by atoms with Crippen molar-refractivity contribution in [1.82, 2.24) is 10.4 Å². The maximum Gasteiger partial charge on any atom is 0.332 e. The molecule has 3 rings (SSSR count). The summed E-state index contributed by atoms with van der Waals surface area (Å²) >= 11 is 0. The van der Waals surface area contributed by atoms with E-state index in [1.165, 1.54) is 5.39 Å². The summed E-state index contributed by atoms with van der Waals surface area (Å²) in [5, 5.41) is 6.53. The van der Waals surface area contributed by atoms with E-state index in [1.807, 2.05) is 24.4 Å². The Kier molecular flexibility index (Phi) is 3.81. The average molecular weight is 282 g/mol. The monoisotopic (exact) mass is 282 g/mol. The normalized spacial score (nSPS) is 20.6. The molecular formula is C16H18N4O. The van der Waals surface area contributed by atoms with Crippen LogP contribution in [0.2, 0.25) is 0 Å². The molecule has 1 heterocycles. The van der Waals surface area contributed by atoms with E-state index in [2.05, 4.69) is 27.6 Å². The number of nitrogens with zero attached hydrogens (tertiary/aromatic N) is 2. The lowest BCUT2D eigenvalue weighted by Gasteiger charge is -2.24. The number of hydrazone groups is 1. The number of benzene rings is 1. The first kappa shape index (κ1) is 13.5. The van der Waals surface area contributed by atoms with E-state index in [4.69, 9.17) is 5.73 Å². The lowest BCUT2D eigenvalue weighted by molar-refractivity contribution is 0.249. The second-order valence-corrected chi connectivity index (χ2v) is 5.29. The van der Waals surface area contributed by atoms with E-state index in [1.54, 1.807) is 0 Å². The maximum absolute atomic E-state index is 10.9. The number of nitrogens with two attached hydrogens (primary N) is 1. The lowest BCUT2D eigenvalue weighted by Crippen LogP contribution is -2.28. The summed E-state index contributed by atoms with van der Waals surface area (Å²) in [5.74, 6) is 0.150. The zero-order valence-electron chi connectivity index (χ0n) is 11.7. The Labute approximate surface area is 123 Å². The van der Waals surface area contributed by atoms with Gasteiger partial charge in [-0.3, -0.25) is 4.98 Å². The van der Waals surface area contributed by atoms with Crippen molar-refractivity contribution in [2.45, 2.75) is 31.6 Å². The van der Waals surface area contributed by atoms with Gasteiger partial charge in [-0.1, -0.05) is 30.7 Å². The summed E-state index contributed by atoms with van der Waals surface area (Å²) in [6.45, 7) is 0. The van der Waals surface area contributed by atoms with Gasteiger partial charge in [0.2, 0.25) is 0 Å². The molecule has 2 amide bonds. The Bertz CT molecular complexity index is 690. The first-order chi connectivity index (χ1) is 10.3. The quantitative estimate of drug-likeness (QED) is 0.830. The predicted octanol–water partition coefficient (Wildman–Crippen LogP) is 2.92. The fourth-order valence-corrected chi connectivity index (χ4v) is 2.97. The molecular weight excluding hydrogens is 264 g/mol. The minimum absolute atomic E-state index is 0.150. The number of primary amides is 1. The predicted molar refractivity (Wildman–Crippen MR) is 83.1 cm³/mol. The number of fused-ring (bicyclic) bond motifs is 1. The Morgan fingerprint density at radius 3 is 3.00 bits per heavy atom. The van der Waals surface area contributed by atoms with E-state index in [0.717, 1.165) is 42.5 Å². The van der Waals surface area contributed by atoms with Gasteiger partial charge < -0.3 is 5.73 Å². The fraction of sp³-hybridized carbons (Fsp3) is 0.312. The van der Waals surface area contributed by atoms with Crippen LogP contribution >= 0.6 is 0 Å². The molecule has 1 atom stereocenters. The second-order valence-electron chi connectivity index (χ2n) is 5.29. The van der Waals surface area contributed by atoms with Crippen molar-refractivity contribution in [1.29, 1.82) is 0 Å². The highest BCUT2D eigenvalue weighted by molar-refractivity contribution is 5.96.